The van der Waals surface area contributed by atoms with Crippen LogP contribution < -0.4 is 4.90 Å². The number of hydrogen-bond donors (Lipinski definition) is 1. The molecule has 5 rings (SSSR count). The van der Waals surface area contributed by atoms with Gasteiger partial charge in [0.25, 0.3) is 0 Å². The van der Waals surface area contributed by atoms with Crippen molar-refractivity contribution in [3.05, 3.63) is 66.2 Å². The van der Waals surface area contributed by atoms with E-state index in [0.29, 0.717) is 11.8 Å². The molecule has 5 nitrogen and oxygen atoms in total. The fourth-order valence-electron chi connectivity index (χ4n) is 4.24. The van der Waals surface area contributed by atoms with E-state index < -0.39 is 0 Å². The fourth-order valence-corrected chi connectivity index (χ4v) is 4.24. The number of anilines is 1. The zero-order valence-electron chi connectivity index (χ0n) is 18.1. The summed E-state index contributed by atoms with van der Waals surface area (Å²) in [5.41, 5.74) is 6.46. The molecule has 0 fully saturated rings. The number of rotatable bonds is 6. The van der Waals surface area contributed by atoms with Crippen LogP contribution in [0.3, 0.4) is 0 Å². The fraction of sp³-hybridized carbons (Fsp3) is 0.231. The molecule has 0 saturated carbocycles. The van der Waals surface area contributed by atoms with Crippen molar-refractivity contribution in [1.82, 2.24) is 15.2 Å². The van der Waals surface area contributed by atoms with Crippen molar-refractivity contribution >= 4 is 27.5 Å². The zero-order chi connectivity index (χ0) is 21.4. The van der Waals surface area contributed by atoms with Gasteiger partial charge in [-0.05, 0) is 68.3 Å². The number of nitrogens with one attached hydrogen (secondary N) is 1. The average Bonchev–Trinajstić information content (AvgIpc) is 3.45. The van der Waals surface area contributed by atoms with E-state index in [4.69, 9.17) is 4.42 Å². The number of aromatic nitrogens is 3. The number of hydrogen-bond acceptors (Lipinski definition) is 4. The Morgan fingerprint density at radius 1 is 0.839 bits per heavy atom. The lowest BCUT2D eigenvalue weighted by Gasteiger charge is -2.20. The minimum atomic E-state index is 0.534. The highest BCUT2D eigenvalue weighted by Gasteiger charge is 2.17. The van der Waals surface area contributed by atoms with Gasteiger partial charge in [-0.3, -0.25) is 0 Å². The van der Waals surface area contributed by atoms with Crippen LogP contribution in [-0.4, -0.2) is 28.3 Å². The summed E-state index contributed by atoms with van der Waals surface area (Å²) in [5, 5.41) is 11.1. The second kappa shape index (κ2) is 7.91. The second-order valence-electron chi connectivity index (χ2n) is 7.72. The third-order valence-electron chi connectivity index (χ3n) is 5.98. The molecule has 0 bridgehead atoms. The molecule has 0 saturated heterocycles. The van der Waals surface area contributed by atoms with Gasteiger partial charge < -0.3 is 14.3 Å². The molecule has 2 aromatic heterocycles. The van der Waals surface area contributed by atoms with Crippen LogP contribution in [0.1, 0.15) is 26.3 Å². The Kier molecular flexibility index (Phi) is 4.94. The topological polar surface area (TPSA) is 58.0 Å². The monoisotopic (exact) mass is 410 g/mol. The van der Waals surface area contributed by atoms with Gasteiger partial charge in [0.1, 0.15) is 0 Å². The standard InChI is InChI=1S/C26H26N4O/c1-4-17-15-21-20-9-7-8-10-23(20)27-24(21)22(16-17)26-29-28-25(31-26)18-11-13-19(14-12-18)30(5-2)6-3/h7-16,27H,4-6H2,1-3H3. The molecule has 156 valence electrons. The SMILES string of the molecule is CCc1cc(-c2nnc(-c3ccc(N(CC)CC)cc3)o2)c2[nH]c3ccccc3c2c1. The molecule has 31 heavy (non-hydrogen) atoms. The summed E-state index contributed by atoms with van der Waals surface area (Å²) in [7, 11) is 0. The molecular weight excluding hydrogens is 384 g/mol. The summed E-state index contributed by atoms with van der Waals surface area (Å²) in [6.45, 7) is 8.45. The van der Waals surface area contributed by atoms with Crippen LogP contribution in [0.25, 0.3) is 44.7 Å². The number of fused-ring (bicyclic) bond motifs is 3. The average molecular weight is 411 g/mol. The third-order valence-corrected chi connectivity index (χ3v) is 5.98. The van der Waals surface area contributed by atoms with Crippen LogP contribution >= 0.6 is 0 Å². The molecule has 0 amide bonds. The Morgan fingerprint density at radius 2 is 1.58 bits per heavy atom. The van der Waals surface area contributed by atoms with Gasteiger partial charge in [0.15, 0.2) is 0 Å². The Hall–Kier alpha value is -3.60. The van der Waals surface area contributed by atoms with Crippen LogP contribution in [0.5, 0.6) is 0 Å². The largest absolute Gasteiger partial charge is 0.416 e. The minimum Gasteiger partial charge on any atom is -0.416 e. The molecule has 0 spiro atoms. The van der Waals surface area contributed by atoms with Crippen molar-refractivity contribution in [2.75, 3.05) is 18.0 Å². The van der Waals surface area contributed by atoms with Crippen LogP contribution in [-0.2, 0) is 6.42 Å². The van der Waals surface area contributed by atoms with Crippen molar-refractivity contribution in [3.8, 4) is 22.9 Å². The van der Waals surface area contributed by atoms with E-state index in [2.05, 4.69) is 83.3 Å². The lowest BCUT2D eigenvalue weighted by atomic mass is 10.0. The smallest absolute Gasteiger partial charge is 0.250 e. The van der Waals surface area contributed by atoms with Crippen molar-refractivity contribution in [2.24, 2.45) is 0 Å². The lowest BCUT2D eigenvalue weighted by molar-refractivity contribution is 0.585. The number of aromatic amines is 1. The van der Waals surface area contributed by atoms with Crippen molar-refractivity contribution in [1.29, 1.82) is 0 Å². The summed E-state index contributed by atoms with van der Waals surface area (Å²) in [6.07, 6.45) is 0.941. The number of benzene rings is 3. The van der Waals surface area contributed by atoms with Gasteiger partial charge in [-0.1, -0.05) is 25.1 Å². The van der Waals surface area contributed by atoms with E-state index in [9.17, 15) is 0 Å². The molecule has 5 aromatic rings. The van der Waals surface area contributed by atoms with Gasteiger partial charge in [0.2, 0.25) is 11.8 Å². The van der Waals surface area contributed by atoms with E-state index in [-0.39, 0.29) is 0 Å². The van der Waals surface area contributed by atoms with Gasteiger partial charge in [-0.2, -0.15) is 0 Å². The third kappa shape index (κ3) is 3.36. The Morgan fingerprint density at radius 3 is 2.32 bits per heavy atom. The second-order valence-corrected chi connectivity index (χ2v) is 7.72. The van der Waals surface area contributed by atoms with Crippen LogP contribution in [0.2, 0.25) is 0 Å². The maximum Gasteiger partial charge on any atom is 0.250 e. The van der Waals surface area contributed by atoms with Crippen LogP contribution in [0.4, 0.5) is 5.69 Å². The molecule has 0 unspecified atom stereocenters. The highest BCUT2D eigenvalue weighted by atomic mass is 16.4. The first-order valence-electron chi connectivity index (χ1n) is 10.9. The summed E-state index contributed by atoms with van der Waals surface area (Å²) in [4.78, 5) is 5.86. The molecule has 1 N–H and O–H groups in total. The molecule has 0 aliphatic rings. The number of H-pyrrole nitrogens is 1. The summed E-state index contributed by atoms with van der Waals surface area (Å²) in [6, 6.07) is 21.1. The van der Waals surface area contributed by atoms with E-state index >= 15 is 0 Å². The van der Waals surface area contributed by atoms with Crippen LogP contribution in [0.15, 0.2) is 65.1 Å². The Bertz CT molecular complexity index is 1340. The highest BCUT2D eigenvalue weighted by Crippen LogP contribution is 2.35. The van der Waals surface area contributed by atoms with Gasteiger partial charge in [0, 0.05) is 40.6 Å². The maximum atomic E-state index is 6.16. The first-order chi connectivity index (χ1) is 15.2. The first kappa shape index (κ1) is 19.4. The van der Waals surface area contributed by atoms with Crippen LogP contribution in [0, 0.1) is 0 Å². The molecule has 0 radical (unpaired) electrons. The van der Waals surface area contributed by atoms with Gasteiger partial charge in [-0.15, -0.1) is 10.2 Å². The summed E-state index contributed by atoms with van der Waals surface area (Å²) in [5.74, 6) is 1.07. The first-order valence-corrected chi connectivity index (χ1v) is 10.9. The predicted octanol–water partition coefficient (Wildman–Crippen LogP) is 6.45. The van der Waals surface area contributed by atoms with Gasteiger partial charge in [0.05, 0.1) is 11.1 Å². The van der Waals surface area contributed by atoms with E-state index in [1.165, 1.54) is 22.0 Å². The molecule has 0 aliphatic carbocycles. The number of nitrogens with zero attached hydrogens (tertiary/aromatic N) is 3. The minimum absolute atomic E-state index is 0.534. The maximum absolute atomic E-state index is 6.16. The van der Waals surface area contributed by atoms with E-state index in [1.54, 1.807) is 0 Å². The predicted molar refractivity (Wildman–Crippen MR) is 127 cm³/mol. The summed E-state index contributed by atoms with van der Waals surface area (Å²) < 4.78 is 6.16. The Balaban J connectivity index is 1.58. The molecule has 3 aromatic carbocycles. The number of para-hydroxylation sites is 1. The quantitative estimate of drug-likeness (QED) is 0.350. The zero-order valence-corrected chi connectivity index (χ0v) is 18.1. The van der Waals surface area contributed by atoms with Crippen molar-refractivity contribution in [2.45, 2.75) is 27.2 Å². The van der Waals surface area contributed by atoms with E-state index in [0.717, 1.165) is 41.7 Å². The van der Waals surface area contributed by atoms with Gasteiger partial charge >= 0.3 is 0 Å². The molecule has 0 atom stereocenters. The molecule has 5 heteroatoms. The number of aryl methyl sites for hydroxylation is 1. The normalized spacial score (nSPS) is 11.5. The Labute approximate surface area is 181 Å². The highest BCUT2D eigenvalue weighted by molar-refractivity contribution is 6.11. The molecule has 0 aliphatic heterocycles. The van der Waals surface area contributed by atoms with E-state index in [1.807, 2.05) is 18.2 Å². The molecular formula is C26H26N4O. The lowest BCUT2D eigenvalue weighted by Crippen LogP contribution is -2.21. The van der Waals surface area contributed by atoms with Crippen molar-refractivity contribution < 1.29 is 4.42 Å². The summed E-state index contributed by atoms with van der Waals surface area (Å²) >= 11 is 0. The van der Waals surface area contributed by atoms with Gasteiger partial charge in [-0.25, -0.2) is 0 Å². The molecule has 2 heterocycles. The van der Waals surface area contributed by atoms with Crippen molar-refractivity contribution in [3.63, 3.8) is 0 Å².